The third-order valence-electron chi connectivity index (χ3n) is 3.10. The van der Waals surface area contributed by atoms with Gasteiger partial charge in [0.25, 0.3) is 5.56 Å². The number of aromatic nitrogens is 2. The number of aromatic amines is 1. The Labute approximate surface area is 122 Å². The highest BCUT2D eigenvalue weighted by Crippen LogP contribution is 2.29. The van der Waals surface area contributed by atoms with Crippen molar-refractivity contribution in [1.29, 1.82) is 0 Å². The first kappa shape index (κ1) is 13.3. The number of nitrogens with one attached hydrogen (secondary N) is 1. The quantitative estimate of drug-likeness (QED) is 0.598. The predicted molar refractivity (Wildman–Crippen MR) is 81.0 cm³/mol. The van der Waals surface area contributed by atoms with Crippen molar-refractivity contribution in [2.24, 2.45) is 0 Å². The summed E-state index contributed by atoms with van der Waals surface area (Å²) in [5, 5.41) is 0.982. The molecule has 1 aromatic heterocycles. The summed E-state index contributed by atoms with van der Waals surface area (Å²) in [6.07, 6.45) is 6.29. The lowest BCUT2D eigenvalue weighted by Gasteiger charge is -2.38. The van der Waals surface area contributed by atoms with Crippen LogP contribution < -0.4 is 10.5 Å². The Hall–Kier alpha value is -0.110. The minimum absolute atomic E-state index is 0.0428. The number of hydrogen-bond donors (Lipinski definition) is 1. The highest BCUT2D eigenvalue weighted by atomic mass is 127. The Kier molecular flexibility index (Phi) is 4.84. The Morgan fingerprint density at radius 1 is 1.59 bits per heavy atom. The standard InChI is InChI=1S/C11H15BrIN3O/c12-5-2-6-16(8-3-1-4-8)10-9(13)11(17)15-7-14-10/h7-8H,1-6H2,(H,14,15,17). The van der Waals surface area contributed by atoms with E-state index in [9.17, 15) is 4.79 Å². The summed E-state index contributed by atoms with van der Waals surface area (Å²) in [6.45, 7) is 0.961. The Balaban J connectivity index is 2.24. The smallest absolute Gasteiger partial charge is 0.266 e. The van der Waals surface area contributed by atoms with Crippen molar-refractivity contribution < 1.29 is 0 Å². The number of hydrogen-bond acceptors (Lipinski definition) is 3. The lowest BCUT2D eigenvalue weighted by atomic mass is 9.91. The van der Waals surface area contributed by atoms with Gasteiger partial charge >= 0.3 is 0 Å². The molecule has 17 heavy (non-hydrogen) atoms. The molecule has 6 heteroatoms. The maximum Gasteiger partial charge on any atom is 0.266 e. The fraction of sp³-hybridized carbons (Fsp3) is 0.636. The monoisotopic (exact) mass is 411 g/mol. The molecule has 0 unspecified atom stereocenters. The van der Waals surface area contributed by atoms with Crippen LogP contribution in [-0.4, -0.2) is 27.9 Å². The molecule has 1 aliphatic rings. The molecule has 1 aliphatic carbocycles. The second-order valence-electron chi connectivity index (χ2n) is 4.19. The molecule has 94 valence electrons. The van der Waals surface area contributed by atoms with Gasteiger partial charge in [0.1, 0.15) is 9.39 Å². The first-order valence-corrected chi connectivity index (χ1v) is 8.00. The van der Waals surface area contributed by atoms with Gasteiger partial charge < -0.3 is 9.88 Å². The molecule has 0 aromatic carbocycles. The third kappa shape index (κ3) is 3.01. The molecule has 0 bridgehead atoms. The summed E-state index contributed by atoms with van der Waals surface area (Å²) in [6, 6.07) is 0.567. The highest BCUT2D eigenvalue weighted by Gasteiger charge is 2.27. The van der Waals surface area contributed by atoms with Crippen LogP contribution in [0.4, 0.5) is 5.82 Å². The fourth-order valence-electron chi connectivity index (χ4n) is 1.96. The first-order valence-electron chi connectivity index (χ1n) is 5.80. The lowest BCUT2D eigenvalue weighted by Crippen LogP contribution is -2.42. The minimum atomic E-state index is -0.0428. The zero-order chi connectivity index (χ0) is 12.3. The van der Waals surface area contributed by atoms with E-state index >= 15 is 0 Å². The van der Waals surface area contributed by atoms with Crippen LogP contribution in [0.5, 0.6) is 0 Å². The molecule has 4 nitrogen and oxygen atoms in total. The number of anilines is 1. The van der Waals surface area contributed by atoms with E-state index in [1.54, 1.807) is 0 Å². The third-order valence-corrected chi connectivity index (χ3v) is 4.63. The van der Waals surface area contributed by atoms with Gasteiger partial charge in [-0.15, -0.1) is 0 Å². The van der Waals surface area contributed by atoms with E-state index in [2.05, 4.69) is 53.4 Å². The molecule has 0 amide bonds. The molecule has 1 N–H and O–H groups in total. The average Bonchev–Trinajstić information content (AvgIpc) is 2.26. The van der Waals surface area contributed by atoms with Crippen LogP contribution >= 0.6 is 38.5 Å². The zero-order valence-corrected chi connectivity index (χ0v) is 13.2. The van der Waals surface area contributed by atoms with E-state index in [0.29, 0.717) is 9.61 Å². The summed E-state index contributed by atoms with van der Waals surface area (Å²) in [5.74, 6) is 0.847. The molecule has 1 fully saturated rings. The van der Waals surface area contributed by atoms with E-state index in [1.807, 2.05) is 0 Å². The maximum absolute atomic E-state index is 11.6. The number of rotatable bonds is 5. The van der Waals surface area contributed by atoms with Crippen molar-refractivity contribution in [3.8, 4) is 0 Å². The van der Waals surface area contributed by atoms with Crippen LogP contribution in [0.25, 0.3) is 0 Å². The van der Waals surface area contributed by atoms with Crippen LogP contribution in [0.15, 0.2) is 11.1 Å². The van der Waals surface area contributed by atoms with Crippen molar-refractivity contribution in [3.63, 3.8) is 0 Å². The second-order valence-corrected chi connectivity index (χ2v) is 6.06. The van der Waals surface area contributed by atoms with Gasteiger partial charge in [0.15, 0.2) is 0 Å². The molecule has 0 saturated heterocycles. The Bertz CT molecular complexity index is 433. The lowest BCUT2D eigenvalue weighted by molar-refractivity contribution is 0.383. The summed E-state index contributed by atoms with van der Waals surface area (Å²) in [7, 11) is 0. The molecule has 0 spiro atoms. The second kappa shape index (κ2) is 6.17. The fourth-order valence-corrected chi connectivity index (χ4v) is 2.82. The predicted octanol–water partition coefficient (Wildman–Crippen LogP) is 2.52. The number of alkyl halides is 1. The van der Waals surface area contributed by atoms with Gasteiger partial charge in [-0.25, -0.2) is 4.98 Å². The van der Waals surface area contributed by atoms with Gasteiger partial charge in [0.2, 0.25) is 0 Å². The first-order chi connectivity index (χ1) is 8.24. The van der Waals surface area contributed by atoms with Crippen molar-refractivity contribution in [2.75, 3.05) is 16.8 Å². The van der Waals surface area contributed by atoms with Gasteiger partial charge in [0.05, 0.1) is 6.33 Å². The van der Waals surface area contributed by atoms with Crippen molar-refractivity contribution in [2.45, 2.75) is 31.7 Å². The van der Waals surface area contributed by atoms with E-state index in [-0.39, 0.29) is 5.56 Å². The number of halogens is 2. The molecule has 1 heterocycles. The largest absolute Gasteiger partial charge is 0.353 e. The summed E-state index contributed by atoms with van der Waals surface area (Å²) in [5.41, 5.74) is -0.0428. The molecular weight excluding hydrogens is 397 g/mol. The van der Waals surface area contributed by atoms with Crippen LogP contribution in [0.3, 0.4) is 0 Å². The molecule has 1 saturated carbocycles. The molecular formula is C11H15BrIN3O. The van der Waals surface area contributed by atoms with E-state index in [1.165, 1.54) is 25.6 Å². The Morgan fingerprint density at radius 2 is 2.35 bits per heavy atom. The summed E-state index contributed by atoms with van der Waals surface area (Å²) >= 11 is 5.54. The summed E-state index contributed by atoms with van der Waals surface area (Å²) < 4.78 is 0.701. The van der Waals surface area contributed by atoms with E-state index < -0.39 is 0 Å². The Morgan fingerprint density at radius 3 is 2.94 bits per heavy atom. The zero-order valence-electron chi connectivity index (χ0n) is 9.46. The average molecular weight is 412 g/mol. The van der Waals surface area contributed by atoms with Crippen molar-refractivity contribution in [3.05, 3.63) is 20.3 Å². The van der Waals surface area contributed by atoms with Gasteiger partial charge in [-0.05, 0) is 48.3 Å². The van der Waals surface area contributed by atoms with E-state index in [0.717, 1.165) is 24.1 Å². The van der Waals surface area contributed by atoms with Gasteiger partial charge in [0, 0.05) is 17.9 Å². The van der Waals surface area contributed by atoms with Gasteiger partial charge in [-0.2, -0.15) is 0 Å². The van der Waals surface area contributed by atoms with Gasteiger partial charge in [-0.3, -0.25) is 4.79 Å². The van der Waals surface area contributed by atoms with E-state index in [4.69, 9.17) is 0 Å². The maximum atomic E-state index is 11.6. The highest BCUT2D eigenvalue weighted by molar-refractivity contribution is 14.1. The molecule has 1 aromatic rings. The SMILES string of the molecule is O=c1[nH]cnc(N(CCCBr)C2CCC2)c1I. The summed E-state index contributed by atoms with van der Waals surface area (Å²) in [4.78, 5) is 20.9. The van der Waals surface area contributed by atoms with Crippen molar-refractivity contribution in [1.82, 2.24) is 9.97 Å². The minimum Gasteiger partial charge on any atom is -0.353 e. The van der Waals surface area contributed by atoms with Gasteiger partial charge in [-0.1, -0.05) is 15.9 Å². The van der Waals surface area contributed by atoms with Crippen LogP contribution in [0.1, 0.15) is 25.7 Å². The van der Waals surface area contributed by atoms with Crippen LogP contribution in [0.2, 0.25) is 0 Å². The van der Waals surface area contributed by atoms with Crippen LogP contribution in [-0.2, 0) is 0 Å². The number of nitrogens with zero attached hydrogens (tertiary/aromatic N) is 2. The number of H-pyrrole nitrogens is 1. The topological polar surface area (TPSA) is 49.0 Å². The molecule has 2 rings (SSSR count). The normalized spacial score (nSPS) is 15.6. The molecule has 0 radical (unpaired) electrons. The van der Waals surface area contributed by atoms with Crippen LogP contribution in [0, 0.1) is 3.57 Å². The molecule has 0 aliphatic heterocycles. The molecule has 0 atom stereocenters. The van der Waals surface area contributed by atoms with Crippen molar-refractivity contribution >= 4 is 44.3 Å².